The summed E-state index contributed by atoms with van der Waals surface area (Å²) in [5.74, 6) is 1.32. The van der Waals surface area contributed by atoms with Crippen LogP contribution in [0.4, 0.5) is 13.2 Å². The van der Waals surface area contributed by atoms with Crippen LogP contribution in [0.15, 0.2) is 46.1 Å². The van der Waals surface area contributed by atoms with Crippen molar-refractivity contribution in [2.75, 3.05) is 26.8 Å². The minimum Gasteiger partial charge on any atom is -0.468 e. The van der Waals surface area contributed by atoms with Crippen LogP contribution in [-0.4, -0.2) is 43.9 Å². The number of aromatic nitrogens is 1. The summed E-state index contributed by atoms with van der Waals surface area (Å²) in [5, 5.41) is 6.24. The average molecular weight is 528 g/mol. The first kappa shape index (κ1) is 25.0. The summed E-state index contributed by atoms with van der Waals surface area (Å²) in [6.07, 6.45) is -0.541. The fourth-order valence-corrected chi connectivity index (χ4v) is 2.11. The summed E-state index contributed by atoms with van der Waals surface area (Å²) >= 11 is 0. The number of guanidine groups is 1. The summed E-state index contributed by atoms with van der Waals surface area (Å²) in [6.45, 7) is 0.741. The summed E-state index contributed by atoms with van der Waals surface area (Å²) in [7, 11) is 1.65. The van der Waals surface area contributed by atoms with E-state index < -0.39 is 12.8 Å². The van der Waals surface area contributed by atoms with Gasteiger partial charge in [0.15, 0.2) is 12.6 Å². The molecule has 0 fully saturated rings. The van der Waals surface area contributed by atoms with Gasteiger partial charge in [-0.1, -0.05) is 6.07 Å². The number of halogens is 4. The lowest BCUT2D eigenvalue weighted by Crippen LogP contribution is -2.37. The van der Waals surface area contributed by atoms with Crippen molar-refractivity contribution in [3.8, 4) is 5.88 Å². The zero-order chi connectivity index (χ0) is 20.2. The normalized spacial score (nSPS) is 11.7. The van der Waals surface area contributed by atoms with Gasteiger partial charge in [0.2, 0.25) is 5.88 Å². The van der Waals surface area contributed by atoms with E-state index in [1.54, 1.807) is 19.4 Å². The van der Waals surface area contributed by atoms with Crippen molar-refractivity contribution in [1.82, 2.24) is 15.6 Å². The first-order valence-corrected chi connectivity index (χ1v) is 8.65. The molecule has 2 aromatic heterocycles. The predicted molar refractivity (Wildman–Crippen MR) is 112 cm³/mol. The Morgan fingerprint density at radius 3 is 2.69 bits per heavy atom. The Morgan fingerprint density at radius 1 is 1.24 bits per heavy atom. The van der Waals surface area contributed by atoms with Crippen molar-refractivity contribution in [2.24, 2.45) is 4.99 Å². The molecule has 0 aliphatic heterocycles. The van der Waals surface area contributed by atoms with Crippen molar-refractivity contribution in [2.45, 2.75) is 25.7 Å². The van der Waals surface area contributed by atoms with Gasteiger partial charge in [0.05, 0.1) is 6.26 Å². The molecule has 162 valence electrons. The molecule has 2 aromatic rings. The molecule has 0 spiro atoms. The van der Waals surface area contributed by atoms with E-state index in [0.29, 0.717) is 32.3 Å². The van der Waals surface area contributed by atoms with E-state index in [1.807, 2.05) is 12.1 Å². The molecule has 2 rings (SSSR count). The fraction of sp³-hybridized carbons (Fsp3) is 0.444. The predicted octanol–water partition coefficient (Wildman–Crippen LogP) is 3.51. The molecule has 0 aromatic carbocycles. The topological polar surface area (TPSA) is 80.9 Å². The van der Waals surface area contributed by atoms with Crippen molar-refractivity contribution in [3.63, 3.8) is 0 Å². The third-order valence-corrected chi connectivity index (χ3v) is 3.45. The van der Waals surface area contributed by atoms with Crippen LogP contribution in [0.3, 0.4) is 0 Å². The van der Waals surface area contributed by atoms with Crippen LogP contribution in [0.1, 0.15) is 17.7 Å². The number of hydrogen-bond donors (Lipinski definition) is 2. The van der Waals surface area contributed by atoms with Gasteiger partial charge in [0.25, 0.3) is 0 Å². The number of ether oxygens (including phenoxy) is 2. The molecule has 0 saturated heterocycles. The molecule has 0 saturated carbocycles. The average Bonchev–Trinajstić information content (AvgIpc) is 3.19. The maximum absolute atomic E-state index is 12.1. The Balaban J connectivity index is 0.00000420. The Hall–Kier alpha value is -2.02. The summed E-state index contributed by atoms with van der Waals surface area (Å²) < 4.78 is 51.6. The fourth-order valence-electron chi connectivity index (χ4n) is 2.11. The van der Waals surface area contributed by atoms with Crippen LogP contribution in [0, 0.1) is 0 Å². The number of pyridine rings is 1. The molecule has 0 unspecified atom stereocenters. The van der Waals surface area contributed by atoms with Gasteiger partial charge in [0.1, 0.15) is 12.4 Å². The zero-order valence-corrected chi connectivity index (χ0v) is 18.2. The van der Waals surface area contributed by atoms with E-state index in [2.05, 4.69) is 25.3 Å². The van der Waals surface area contributed by atoms with Crippen molar-refractivity contribution in [1.29, 1.82) is 0 Å². The lowest BCUT2D eigenvalue weighted by atomic mass is 10.3. The molecule has 0 bridgehead atoms. The van der Waals surface area contributed by atoms with E-state index >= 15 is 0 Å². The highest BCUT2D eigenvalue weighted by Crippen LogP contribution is 2.16. The van der Waals surface area contributed by atoms with Crippen LogP contribution in [-0.2, 0) is 17.9 Å². The number of aliphatic imine (C=N–C) groups is 1. The van der Waals surface area contributed by atoms with Gasteiger partial charge in [-0.2, -0.15) is 13.2 Å². The van der Waals surface area contributed by atoms with Gasteiger partial charge >= 0.3 is 6.18 Å². The Kier molecular flexibility index (Phi) is 11.4. The first-order valence-electron chi connectivity index (χ1n) is 8.65. The largest absolute Gasteiger partial charge is 0.468 e. The molecule has 0 aliphatic rings. The van der Waals surface area contributed by atoms with Crippen LogP contribution in [0.2, 0.25) is 0 Å². The van der Waals surface area contributed by atoms with Crippen LogP contribution < -0.4 is 15.4 Å². The Morgan fingerprint density at radius 2 is 2.07 bits per heavy atom. The van der Waals surface area contributed by atoms with E-state index in [1.165, 1.54) is 12.3 Å². The van der Waals surface area contributed by atoms with E-state index in [0.717, 1.165) is 17.7 Å². The van der Waals surface area contributed by atoms with E-state index in [9.17, 15) is 13.2 Å². The molecular weight excluding hydrogens is 504 g/mol. The quantitative estimate of drug-likeness (QED) is 0.213. The maximum Gasteiger partial charge on any atom is 0.422 e. The highest BCUT2D eigenvalue weighted by atomic mass is 127. The highest BCUT2D eigenvalue weighted by molar-refractivity contribution is 14.0. The molecular formula is C18H24F3IN4O3. The minimum absolute atomic E-state index is 0. The van der Waals surface area contributed by atoms with Crippen molar-refractivity contribution in [3.05, 3.63) is 48.0 Å². The Bertz CT molecular complexity index is 710. The van der Waals surface area contributed by atoms with Gasteiger partial charge in [0, 0.05) is 39.0 Å². The molecule has 7 nitrogen and oxygen atoms in total. The van der Waals surface area contributed by atoms with Crippen LogP contribution >= 0.6 is 24.0 Å². The first-order chi connectivity index (χ1) is 13.5. The molecule has 0 atom stereocenters. The second-order valence-electron chi connectivity index (χ2n) is 5.75. The zero-order valence-electron chi connectivity index (χ0n) is 15.9. The summed E-state index contributed by atoms with van der Waals surface area (Å²) in [5.41, 5.74) is 0.782. The second kappa shape index (κ2) is 13.2. The molecule has 2 heterocycles. The van der Waals surface area contributed by atoms with Crippen LogP contribution in [0.5, 0.6) is 5.88 Å². The summed E-state index contributed by atoms with van der Waals surface area (Å²) in [4.78, 5) is 7.96. The SMILES string of the molecule is CN=C(NCCCOCc1ccco1)NCc1ccc(OCC(F)(F)F)nc1.I. The number of alkyl halides is 3. The van der Waals surface area contributed by atoms with Crippen LogP contribution in [0.25, 0.3) is 0 Å². The third-order valence-electron chi connectivity index (χ3n) is 3.45. The van der Waals surface area contributed by atoms with Gasteiger partial charge in [-0.3, -0.25) is 4.99 Å². The molecule has 29 heavy (non-hydrogen) atoms. The van der Waals surface area contributed by atoms with Gasteiger partial charge in [-0.15, -0.1) is 24.0 Å². The number of nitrogens with zero attached hydrogens (tertiary/aromatic N) is 2. The molecule has 0 amide bonds. The van der Waals surface area contributed by atoms with Gasteiger partial charge < -0.3 is 24.5 Å². The number of furan rings is 1. The molecule has 11 heteroatoms. The second-order valence-corrected chi connectivity index (χ2v) is 5.75. The maximum atomic E-state index is 12.1. The lowest BCUT2D eigenvalue weighted by Gasteiger charge is -2.12. The number of rotatable bonds is 10. The van der Waals surface area contributed by atoms with E-state index in [4.69, 9.17) is 9.15 Å². The van der Waals surface area contributed by atoms with Crippen molar-refractivity contribution >= 4 is 29.9 Å². The molecule has 0 radical (unpaired) electrons. The summed E-state index contributed by atoms with van der Waals surface area (Å²) in [6, 6.07) is 6.71. The molecule has 2 N–H and O–H groups in total. The van der Waals surface area contributed by atoms with E-state index in [-0.39, 0.29) is 29.9 Å². The number of hydrogen-bond acceptors (Lipinski definition) is 5. The number of nitrogens with one attached hydrogen (secondary N) is 2. The molecule has 0 aliphatic carbocycles. The standard InChI is InChI=1S/C18H23F3N4O3.HI/c1-22-17(23-7-3-8-26-12-15-4-2-9-27-15)25-11-14-5-6-16(24-10-14)28-13-18(19,20)21;/h2,4-6,9-10H,3,7-8,11-13H2,1H3,(H2,22,23,25);1H. The minimum atomic E-state index is -4.39. The Labute approximate surface area is 184 Å². The third kappa shape index (κ3) is 10.9. The van der Waals surface area contributed by atoms with Gasteiger partial charge in [-0.25, -0.2) is 4.98 Å². The van der Waals surface area contributed by atoms with Crippen molar-refractivity contribution < 1.29 is 27.1 Å². The lowest BCUT2D eigenvalue weighted by molar-refractivity contribution is -0.154. The highest BCUT2D eigenvalue weighted by Gasteiger charge is 2.28. The monoisotopic (exact) mass is 528 g/mol. The van der Waals surface area contributed by atoms with Gasteiger partial charge in [-0.05, 0) is 24.1 Å². The smallest absolute Gasteiger partial charge is 0.422 e.